The predicted octanol–water partition coefficient (Wildman–Crippen LogP) is 4.74. The van der Waals surface area contributed by atoms with Gasteiger partial charge in [0, 0.05) is 18.1 Å². The number of aryl methyl sites for hydroxylation is 2. The van der Waals surface area contributed by atoms with E-state index in [4.69, 9.17) is 0 Å². The fourth-order valence-corrected chi connectivity index (χ4v) is 4.32. The van der Waals surface area contributed by atoms with Crippen molar-refractivity contribution in [3.8, 4) is 0 Å². The van der Waals surface area contributed by atoms with E-state index in [9.17, 15) is 9.90 Å². The second kappa shape index (κ2) is 7.72. The second-order valence-corrected chi connectivity index (χ2v) is 7.90. The van der Waals surface area contributed by atoms with E-state index >= 15 is 0 Å². The number of aliphatic carboxylic acids is 1. The van der Waals surface area contributed by atoms with E-state index in [-0.39, 0.29) is 12.0 Å². The largest absolute Gasteiger partial charge is 0.481 e. The summed E-state index contributed by atoms with van der Waals surface area (Å²) in [5, 5.41) is 10.7. The van der Waals surface area contributed by atoms with Gasteiger partial charge in [-0.1, -0.05) is 42.0 Å². The van der Waals surface area contributed by atoms with Crippen LogP contribution in [0, 0.1) is 19.8 Å². The van der Waals surface area contributed by atoms with Gasteiger partial charge in [-0.3, -0.25) is 14.7 Å². The lowest BCUT2D eigenvalue weighted by Gasteiger charge is -2.38. The number of carbonyl (C=O) groups is 1. The van der Waals surface area contributed by atoms with Gasteiger partial charge in [0.25, 0.3) is 0 Å². The number of fused-ring (bicyclic) bond motifs is 1. The molecule has 0 spiro atoms. The van der Waals surface area contributed by atoms with E-state index in [0.29, 0.717) is 6.54 Å². The minimum absolute atomic E-state index is 0.0131. The van der Waals surface area contributed by atoms with Gasteiger partial charge in [-0.2, -0.15) is 0 Å². The van der Waals surface area contributed by atoms with Crippen molar-refractivity contribution in [3.63, 3.8) is 0 Å². The van der Waals surface area contributed by atoms with Crippen LogP contribution in [-0.2, 0) is 4.79 Å². The van der Waals surface area contributed by atoms with E-state index < -0.39 is 5.97 Å². The van der Waals surface area contributed by atoms with Crippen molar-refractivity contribution in [1.29, 1.82) is 0 Å². The third kappa shape index (κ3) is 3.65. The molecule has 2 atom stereocenters. The van der Waals surface area contributed by atoms with Gasteiger partial charge in [-0.15, -0.1) is 0 Å². The number of rotatable bonds is 4. The van der Waals surface area contributed by atoms with Gasteiger partial charge in [0.15, 0.2) is 0 Å². The van der Waals surface area contributed by atoms with Crippen molar-refractivity contribution in [1.82, 2.24) is 9.88 Å². The normalized spacial score (nSPS) is 18.9. The van der Waals surface area contributed by atoms with Crippen LogP contribution >= 0.6 is 0 Å². The molecule has 2 aromatic carbocycles. The number of likely N-dealkylation sites (tertiary alicyclic amines) is 1. The van der Waals surface area contributed by atoms with Crippen molar-refractivity contribution in [2.75, 3.05) is 13.1 Å². The van der Waals surface area contributed by atoms with Crippen molar-refractivity contribution in [3.05, 3.63) is 77.0 Å². The molecule has 1 aliphatic rings. The number of hydrogen-bond acceptors (Lipinski definition) is 3. The molecular weight excluding hydrogens is 348 g/mol. The van der Waals surface area contributed by atoms with Crippen LogP contribution < -0.4 is 0 Å². The zero-order valence-corrected chi connectivity index (χ0v) is 16.4. The van der Waals surface area contributed by atoms with E-state index in [1.165, 1.54) is 16.7 Å². The molecule has 2 unspecified atom stereocenters. The molecule has 0 saturated carbocycles. The average Bonchev–Trinajstić information content (AvgIpc) is 2.71. The summed E-state index contributed by atoms with van der Waals surface area (Å²) >= 11 is 0. The number of carboxylic acid groups (broad SMARTS) is 1. The quantitative estimate of drug-likeness (QED) is 0.717. The summed E-state index contributed by atoms with van der Waals surface area (Å²) < 4.78 is 0. The first-order chi connectivity index (χ1) is 13.5. The molecule has 0 radical (unpaired) electrons. The molecule has 1 aliphatic heterocycles. The zero-order valence-electron chi connectivity index (χ0n) is 16.4. The lowest BCUT2D eigenvalue weighted by atomic mass is 9.89. The molecule has 144 valence electrons. The van der Waals surface area contributed by atoms with Crippen molar-refractivity contribution in [2.45, 2.75) is 32.7 Å². The highest BCUT2D eigenvalue weighted by molar-refractivity contribution is 5.79. The molecule has 1 saturated heterocycles. The van der Waals surface area contributed by atoms with Crippen molar-refractivity contribution >= 4 is 16.9 Å². The lowest BCUT2D eigenvalue weighted by molar-refractivity contribution is -0.143. The molecular formula is C24H26N2O2. The zero-order chi connectivity index (χ0) is 19.7. The maximum atomic E-state index is 11.7. The highest BCUT2D eigenvalue weighted by Gasteiger charge is 2.32. The Morgan fingerprint density at radius 3 is 2.82 bits per heavy atom. The van der Waals surface area contributed by atoms with E-state index in [0.717, 1.165) is 35.9 Å². The lowest BCUT2D eigenvalue weighted by Crippen LogP contribution is -2.41. The van der Waals surface area contributed by atoms with Gasteiger partial charge in [-0.05, 0) is 62.1 Å². The van der Waals surface area contributed by atoms with Crippen LogP contribution in [0.5, 0.6) is 0 Å². The van der Waals surface area contributed by atoms with Crippen LogP contribution in [0.15, 0.2) is 54.7 Å². The van der Waals surface area contributed by atoms with E-state index in [1.807, 2.05) is 24.4 Å². The predicted molar refractivity (Wildman–Crippen MR) is 111 cm³/mol. The first-order valence-electron chi connectivity index (χ1n) is 9.91. The van der Waals surface area contributed by atoms with Crippen LogP contribution in [0.4, 0.5) is 0 Å². The van der Waals surface area contributed by atoms with Gasteiger partial charge in [0.05, 0.1) is 17.5 Å². The van der Waals surface area contributed by atoms with E-state index in [1.54, 1.807) is 0 Å². The number of carboxylic acids is 1. The third-order valence-corrected chi connectivity index (χ3v) is 5.82. The first kappa shape index (κ1) is 18.6. The van der Waals surface area contributed by atoms with Crippen LogP contribution in [0.2, 0.25) is 0 Å². The number of aromatic nitrogens is 1. The summed E-state index contributed by atoms with van der Waals surface area (Å²) in [5.74, 6) is -1.00. The van der Waals surface area contributed by atoms with Crippen molar-refractivity contribution in [2.24, 2.45) is 5.92 Å². The standard InChI is InChI=1S/C24H26N2O2/c1-16-9-10-17(2)21(12-16)23(26-11-5-7-19(15-26)24(27)28)20-13-18-6-3-4-8-22(18)25-14-20/h3-4,6,8-10,12-14,19,23H,5,7,11,15H2,1-2H3,(H,27,28). The Hall–Kier alpha value is -2.72. The summed E-state index contributed by atoms with van der Waals surface area (Å²) in [6.07, 6.45) is 3.61. The molecule has 0 aliphatic carbocycles. The monoisotopic (exact) mass is 374 g/mol. The minimum Gasteiger partial charge on any atom is -0.481 e. The molecule has 0 bridgehead atoms. The highest BCUT2D eigenvalue weighted by atomic mass is 16.4. The fraction of sp³-hybridized carbons (Fsp3) is 0.333. The Balaban J connectivity index is 1.82. The Morgan fingerprint density at radius 1 is 1.18 bits per heavy atom. The highest BCUT2D eigenvalue weighted by Crippen LogP contribution is 2.35. The number of benzene rings is 2. The maximum absolute atomic E-state index is 11.7. The summed E-state index contributed by atoms with van der Waals surface area (Å²) in [6, 6.07) is 16.9. The number of pyridine rings is 1. The Labute approximate surface area is 165 Å². The average molecular weight is 374 g/mol. The SMILES string of the molecule is Cc1ccc(C)c(C(c2cnc3ccccc3c2)N2CCCC(C(=O)O)C2)c1. The minimum atomic E-state index is -0.693. The molecule has 0 amide bonds. The number of hydrogen-bond donors (Lipinski definition) is 1. The van der Waals surface area contributed by atoms with Gasteiger partial charge in [0.1, 0.15) is 0 Å². The number of nitrogens with zero attached hydrogens (tertiary/aromatic N) is 2. The third-order valence-electron chi connectivity index (χ3n) is 5.82. The van der Waals surface area contributed by atoms with Gasteiger partial charge in [0.2, 0.25) is 0 Å². The van der Waals surface area contributed by atoms with Crippen LogP contribution in [-0.4, -0.2) is 34.0 Å². The molecule has 4 nitrogen and oxygen atoms in total. The molecule has 4 rings (SSSR count). The summed E-state index contributed by atoms with van der Waals surface area (Å²) in [7, 11) is 0. The Morgan fingerprint density at radius 2 is 2.00 bits per heavy atom. The van der Waals surface area contributed by atoms with E-state index in [2.05, 4.69) is 54.1 Å². The van der Waals surface area contributed by atoms with Crippen LogP contribution in [0.25, 0.3) is 10.9 Å². The molecule has 1 fully saturated rings. The second-order valence-electron chi connectivity index (χ2n) is 7.90. The Kier molecular flexibility index (Phi) is 5.14. The molecule has 4 heteroatoms. The van der Waals surface area contributed by atoms with Gasteiger partial charge >= 0.3 is 5.97 Å². The molecule has 1 N–H and O–H groups in total. The van der Waals surface area contributed by atoms with Crippen molar-refractivity contribution < 1.29 is 9.90 Å². The number of para-hydroxylation sites is 1. The van der Waals surface area contributed by atoms with Crippen LogP contribution in [0.1, 0.15) is 41.1 Å². The molecule has 3 aromatic rings. The summed E-state index contributed by atoms with van der Waals surface area (Å²) in [4.78, 5) is 18.7. The Bertz CT molecular complexity index is 1010. The summed E-state index contributed by atoms with van der Waals surface area (Å²) in [6.45, 7) is 5.71. The molecule has 28 heavy (non-hydrogen) atoms. The number of piperidine rings is 1. The molecule has 1 aromatic heterocycles. The maximum Gasteiger partial charge on any atom is 0.307 e. The topological polar surface area (TPSA) is 53.4 Å². The summed E-state index contributed by atoms with van der Waals surface area (Å²) in [5.41, 5.74) is 5.78. The fourth-order valence-electron chi connectivity index (χ4n) is 4.32. The molecule has 2 heterocycles. The first-order valence-corrected chi connectivity index (χ1v) is 9.91. The van der Waals surface area contributed by atoms with Crippen LogP contribution in [0.3, 0.4) is 0 Å². The smallest absolute Gasteiger partial charge is 0.307 e. The van der Waals surface area contributed by atoms with Gasteiger partial charge < -0.3 is 5.11 Å². The van der Waals surface area contributed by atoms with Gasteiger partial charge in [-0.25, -0.2) is 0 Å².